The van der Waals surface area contributed by atoms with Crippen molar-refractivity contribution in [2.24, 2.45) is 5.41 Å². The normalized spacial score (nSPS) is 24.8. The van der Waals surface area contributed by atoms with Crippen LogP contribution in [0.2, 0.25) is 0 Å². The van der Waals surface area contributed by atoms with Gasteiger partial charge in [-0.3, -0.25) is 4.79 Å². The number of aryl methyl sites for hydroxylation is 1. The zero-order valence-corrected chi connectivity index (χ0v) is 13.3. The van der Waals surface area contributed by atoms with Crippen molar-refractivity contribution in [2.45, 2.75) is 46.0 Å². The molecule has 3 heteroatoms. The fourth-order valence-corrected chi connectivity index (χ4v) is 3.25. The Bertz CT molecular complexity index is 545. The fraction of sp³-hybridized carbons (Fsp3) is 0.588. The molecule has 1 saturated carbocycles. The van der Waals surface area contributed by atoms with Crippen molar-refractivity contribution < 1.29 is 14.3 Å². The Morgan fingerprint density at radius 1 is 1.05 bits per heavy atom. The van der Waals surface area contributed by atoms with E-state index in [2.05, 4.69) is 6.92 Å². The highest BCUT2D eigenvalue weighted by Crippen LogP contribution is 2.54. The summed E-state index contributed by atoms with van der Waals surface area (Å²) >= 11 is 0. The van der Waals surface area contributed by atoms with Crippen molar-refractivity contribution in [1.29, 1.82) is 0 Å². The fourth-order valence-electron chi connectivity index (χ4n) is 3.25. The van der Waals surface area contributed by atoms with Gasteiger partial charge in [0.2, 0.25) is 0 Å². The molecule has 1 aromatic rings. The monoisotopic (exact) mass is 276 g/mol. The first-order valence-corrected chi connectivity index (χ1v) is 7.04. The van der Waals surface area contributed by atoms with Crippen LogP contribution in [0.25, 0.3) is 0 Å². The van der Waals surface area contributed by atoms with Gasteiger partial charge in [-0.05, 0) is 31.0 Å². The molecule has 110 valence electrons. The zero-order chi connectivity index (χ0) is 15.1. The second kappa shape index (κ2) is 4.80. The average Bonchev–Trinajstić information content (AvgIpc) is 2.62. The molecule has 1 fully saturated rings. The minimum atomic E-state index is -0.388. The van der Waals surface area contributed by atoms with E-state index in [0.29, 0.717) is 12.2 Å². The maximum absolute atomic E-state index is 12.2. The Labute approximate surface area is 121 Å². The number of benzene rings is 1. The van der Waals surface area contributed by atoms with E-state index >= 15 is 0 Å². The van der Waals surface area contributed by atoms with E-state index in [1.165, 1.54) is 0 Å². The summed E-state index contributed by atoms with van der Waals surface area (Å²) in [5.41, 5.74) is 1.49. The molecular formula is C17H24O3. The van der Waals surface area contributed by atoms with Gasteiger partial charge in [-0.1, -0.05) is 20.8 Å². The van der Waals surface area contributed by atoms with Crippen LogP contribution >= 0.6 is 0 Å². The smallest absolute Gasteiger partial charge is 0.139 e. The molecule has 0 heterocycles. The predicted molar refractivity (Wildman–Crippen MR) is 79.7 cm³/mol. The van der Waals surface area contributed by atoms with Crippen molar-refractivity contribution in [3.8, 4) is 11.5 Å². The number of Topliss-reactive ketones (excluding diaryl/α,β-unsaturated/α-hetero) is 1. The molecule has 0 N–H and O–H groups in total. The van der Waals surface area contributed by atoms with Gasteiger partial charge < -0.3 is 9.47 Å². The van der Waals surface area contributed by atoms with E-state index in [9.17, 15) is 4.79 Å². The Morgan fingerprint density at radius 3 is 2.10 bits per heavy atom. The third-order valence-electron chi connectivity index (χ3n) is 5.24. The van der Waals surface area contributed by atoms with Crippen molar-refractivity contribution in [3.63, 3.8) is 0 Å². The molecule has 0 unspecified atom stereocenters. The van der Waals surface area contributed by atoms with Crippen molar-refractivity contribution >= 4 is 5.78 Å². The van der Waals surface area contributed by atoms with Crippen LogP contribution in [-0.4, -0.2) is 20.0 Å². The van der Waals surface area contributed by atoms with Gasteiger partial charge in [0.1, 0.15) is 17.3 Å². The van der Waals surface area contributed by atoms with Crippen LogP contribution in [0.5, 0.6) is 11.5 Å². The Morgan fingerprint density at radius 2 is 1.65 bits per heavy atom. The summed E-state index contributed by atoms with van der Waals surface area (Å²) in [5.74, 6) is 2.01. The molecule has 3 nitrogen and oxygen atoms in total. The van der Waals surface area contributed by atoms with Crippen molar-refractivity contribution in [1.82, 2.24) is 0 Å². The largest absolute Gasteiger partial charge is 0.496 e. The number of ketones is 1. The Balaban J connectivity index is 2.65. The standard InChI is InChI=1S/C17H24O3/c1-11-9-14(20-6)12(10-13(11)19-5)17(4)8-7-15(18)16(17,2)3/h9-10H,7-8H2,1-6H3/t17-/m1/s1. The van der Waals surface area contributed by atoms with E-state index in [1.807, 2.05) is 32.9 Å². The zero-order valence-electron chi connectivity index (χ0n) is 13.3. The summed E-state index contributed by atoms with van der Waals surface area (Å²) in [5, 5.41) is 0. The number of hydrogen-bond donors (Lipinski definition) is 0. The Hall–Kier alpha value is -1.51. The summed E-state index contributed by atoms with van der Waals surface area (Å²) in [7, 11) is 3.35. The highest BCUT2D eigenvalue weighted by atomic mass is 16.5. The maximum Gasteiger partial charge on any atom is 0.139 e. The minimum Gasteiger partial charge on any atom is -0.496 e. The van der Waals surface area contributed by atoms with Crippen LogP contribution < -0.4 is 9.47 Å². The SMILES string of the molecule is COc1cc([C@@]2(C)CCC(=O)C2(C)C)c(OC)cc1C. The first kappa shape index (κ1) is 14.9. The summed E-state index contributed by atoms with van der Waals surface area (Å²) in [4.78, 5) is 12.2. The van der Waals surface area contributed by atoms with Gasteiger partial charge in [0.15, 0.2) is 0 Å². The van der Waals surface area contributed by atoms with E-state index in [4.69, 9.17) is 9.47 Å². The molecule has 20 heavy (non-hydrogen) atoms. The van der Waals surface area contributed by atoms with E-state index in [1.54, 1.807) is 14.2 Å². The average molecular weight is 276 g/mol. The molecule has 0 aromatic heterocycles. The van der Waals surface area contributed by atoms with Gasteiger partial charge in [0.25, 0.3) is 0 Å². The molecule has 0 aliphatic heterocycles. The van der Waals surface area contributed by atoms with Crippen molar-refractivity contribution in [2.75, 3.05) is 14.2 Å². The third-order valence-corrected chi connectivity index (χ3v) is 5.24. The first-order chi connectivity index (χ1) is 9.27. The summed E-state index contributed by atoms with van der Waals surface area (Å²) < 4.78 is 11.0. The summed E-state index contributed by atoms with van der Waals surface area (Å²) in [6.45, 7) is 8.23. The number of hydrogen-bond acceptors (Lipinski definition) is 3. The number of carbonyl (C=O) groups is 1. The van der Waals surface area contributed by atoms with Gasteiger partial charge in [0.05, 0.1) is 14.2 Å². The van der Waals surface area contributed by atoms with E-state index in [-0.39, 0.29) is 10.8 Å². The van der Waals surface area contributed by atoms with Crippen molar-refractivity contribution in [3.05, 3.63) is 23.3 Å². The van der Waals surface area contributed by atoms with Gasteiger partial charge >= 0.3 is 0 Å². The lowest BCUT2D eigenvalue weighted by molar-refractivity contribution is -0.125. The molecule has 2 rings (SSSR count). The van der Waals surface area contributed by atoms with E-state index in [0.717, 1.165) is 29.0 Å². The Kier molecular flexibility index (Phi) is 3.57. The number of methoxy groups -OCH3 is 2. The molecule has 1 atom stereocenters. The van der Waals surface area contributed by atoms with Crippen LogP contribution in [0, 0.1) is 12.3 Å². The number of ether oxygens (including phenoxy) is 2. The molecule has 1 aliphatic rings. The van der Waals surface area contributed by atoms with Crippen LogP contribution in [0.15, 0.2) is 12.1 Å². The highest BCUT2D eigenvalue weighted by molar-refractivity contribution is 5.89. The second-order valence-electron chi connectivity index (χ2n) is 6.40. The molecule has 0 bridgehead atoms. The van der Waals surface area contributed by atoms with Gasteiger partial charge in [-0.2, -0.15) is 0 Å². The molecular weight excluding hydrogens is 252 g/mol. The third kappa shape index (κ3) is 1.91. The molecule has 1 aliphatic carbocycles. The maximum atomic E-state index is 12.2. The van der Waals surface area contributed by atoms with Gasteiger partial charge in [0, 0.05) is 22.8 Å². The second-order valence-corrected chi connectivity index (χ2v) is 6.40. The number of rotatable bonds is 3. The van der Waals surface area contributed by atoms with Crippen LogP contribution in [0.4, 0.5) is 0 Å². The van der Waals surface area contributed by atoms with Gasteiger partial charge in [-0.25, -0.2) is 0 Å². The van der Waals surface area contributed by atoms with E-state index < -0.39 is 0 Å². The number of carbonyl (C=O) groups excluding carboxylic acids is 1. The van der Waals surface area contributed by atoms with Gasteiger partial charge in [-0.15, -0.1) is 0 Å². The molecule has 0 radical (unpaired) electrons. The quantitative estimate of drug-likeness (QED) is 0.845. The lowest BCUT2D eigenvalue weighted by Crippen LogP contribution is -2.38. The molecule has 0 saturated heterocycles. The molecule has 0 spiro atoms. The molecule has 0 amide bonds. The predicted octanol–water partition coefficient (Wildman–Crippen LogP) is 3.66. The van der Waals surface area contributed by atoms with Crippen LogP contribution in [0.3, 0.4) is 0 Å². The lowest BCUT2D eigenvalue weighted by atomic mass is 9.64. The first-order valence-electron chi connectivity index (χ1n) is 7.04. The molecule has 1 aromatic carbocycles. The highest BCUT2D eigenvalue weighted by Gasteiger charge is 2.53. The topological polar surface area (TPSA) is 35.5 Å². The summed E-state index contributed by atoms with van der Waals surface area (Å²) in [6, 6.07) is 4.03. The minimum absolute atomic E-state index is 0.226. The van der Waals surface area contributed by atoms with Crippen LogP contribution in [0.1, 0.15) is 44.7 Å². The van der Waals surface area contributed by atoms with Crippen LogP contribution in [-0.2, 0) is 10.2 Å². The lowest BCUT2D eigenvalue weighted by Gasteiger charge is -2.38. The summed E-state index contributed by atoms with van der Waals surface area (Å²) in [6.07, 6.45) is 1.48.